The number of halogens is 4. The first-order valence-electron chi connectivity index (χ1n) is 9.65. The van der Waals surface area contributed by atoms with Crippen molar-refractivity contribution in [2.75, 3.05) is 5.75 Å². The summed E-state index contributed by atoms with van der Waals surface area (Å²) in [5.74, 6) is -1.14. The van der Waals surface area contributed by atoms with Crippen LogP contribution in [0.4, 0.5) is 17.6 Å². The second-order valence-electron chi connectivity index (χ2n) is 7.35. The Bertz CT molecular complexity index is 1160. The van der Waals surface area contributed by atoms with E-state index in [4.69, 9.17) is 0 Å². The summed E-state index contributed by atoms with van der Waals surface area (Å²) in [4.78, 5) is 21.1. The lowest BCUT2D eigenvalue weighted by Gasteiger charge is -2.26. The highest BCUT2D eigenvalue weighted by atomic mass is 32.2. The molecular formula is C20H19F4N5OS. The molecular weight excluding hydrogens is 434 g/mol. The summed E-state index contributed by atoms with van der Waals surface area (Å²) >= 11 is 1.63. The van der Waals surface area contributed by atoms with Crippen molar-refractivity contribution in [2.45, 2.75) is 50.2 Å². The molecule has 0 saturated carbocycles. The molecule has 3 heterocycles. The van der Waals surface area contributed by atoms with Crippen LogP contribution in [0, 0.1) is 19.7 Å². The third-order valence-electron chi connectivity index (χ3n) is 5.25. The van der Waals surface area contributed by atoms with Gasteiger partial charge < -0.3 is 5.32 Å². The minimum Gasteiger partial charge on any atom is -0.349 e. The van der Waals surface area contributed by atoms with Crippen LogP contribution in [0.5, 0.6) is 0 Å². The van der Waals surface area contributed by atoms with Crippen LogP contribution in [0.25, 0.3) is 5.78 Å². The Kier molecular flexibility index (Phi) is 5.63. The van der Waals surface area contributed by atoms with Crippen LogP contribution in [0.1, 0.15) is 47.2 Å². The zero-order chi connectivity index (χ0) is 22.3. The number of alkyl halides is 3. The van der Waals surface area contributed by atoms with Crippen molar-refractivity contribution in [1.82, 2.24) is 24.9 Å². The Labute approximate surface area is 179 Å². The molecule has 1 amide bonds. The maximum absolute atomic E-state index is 13.7. The highest BCUT2D eigenvalue weighted by molar-refractivity contribution is 7.99. The van der Waals surface area contributed by atoms with Crippen LogP contribution in [-0.2, 0) is 17.4 Å². The van der Waals surface area contributed by atoms with Crippen molar-refractivity contribution >= 4 is 23.4 Å². The van der Waals surface area contributed by atoms with E-state index in [0.717, 1.165) is 20.7 Å². The van der Waals surface area contributed by atoms with E-state index in [2.05, 4.69) is 20.4 Å². The fourth-order valence-electron chi connectivity index (χ4n) is 3.71. The van der Waals surface area contributed by atoms with Crippen LogP contribution in [-0.4, -0.2) is 31.2 Å². The molecule has 6 nitrogen and oxygen atoms in total. The monoisotopic (exact) mass is 453 g/mol. The molecule has 164 valence electrons. The number of benzene rings is 1. The van der Waals surface area contributed by atoms with E-state index in [0.29, 0.717) is 23.4 Å². The van der Waals surface area contributed by atoms with Gasteiger partial charge in [-0.15, -0.1) is 16.9 Å². The number of aromatic nitrogens is 4. The second kappa shape index (κ2) is 8.10. The number of fused-ring (bicyclic) bond motifs is 2. The van der Waals surface area contributed by atoms with Crippen LogP contribution in [0.3, 0.4) is 0 Å². The fourth-order valence-corrected chi connectivity index (χ4v) is 4.82. The number of thioether (sulfide) groups is 1. The molecule has 1 unspecified atom stereocenters. The van der Waals surface area contributed by atoms with E-state index >= 15 is 0 Å². The zero-order valence-electron chi connectivity index (χ0n) is 16.8. The van der Waals surface area contributed by atoms with Gasteiger partial charge in [-0.05, 0) is 56.0 Å². The number of hydrogen-bond acceptors (Lipinski definition) is 5. The number of carbonyl (C=O) groups excluding carboxylic acids is 1. The van der Waals surface area contributed by atoms with Crippen LogP contribution >= 0.6 is 11.8 Å². The molecule has 0 saturated heterocycles. The van der Waals surface area contributed by atoms with Gasteiger partial charge in [0.15, 0.2) is 0 Å². The Hall–Kier alpha value is -2.69. The SMILES string of the molecule is Cc1nc2nc(C(F)(F)F)nn2c(C)c1CCC(=O)NC1CCSc2ccc(F)cc21. The van der Waals surface area contributed by atoms with Gasteiger partial charge in [0.25, 0.3) is 11.6 Å². The van der Waals surface area contributed by atoms with Gasteiger partial charge in [0.05, 0.1) is 6.04 Å². The molecule has 0 fully saturated rings. The lowest BCUT2D eigenvalue weighted by atomic mass is 10.0. The Balaban J connectivity index is 1.50. The second-order valence-corrected chi connectivity index (χ2v) is 8.48. The third-order valence-corrected chi connectivity index (χ3v) is 6.37. The Morgan fingerprint density at radius 1 is 1.29 bits per heavy atom. The van der Waals surface area contributed by atoms with Crippen molar-refractivity contribution in [3.63, 3.8) is 0 Å². The first-order valence-corrected chi connectivity index (χ1v) is 10.6. The number of amides is 1. The quantitative estimate of drug-likeness (QED) is 0.600. The molecule has 1 N–H and O–H groups in total. The first-order chi connectivity index (χ1) is 14.6. The molecule has 1 atom stereocenters. The molecule has 11 heteroatoms. The van der Waals surface area contributed by atoms with E-state index in [1.807, 2.05) is 0 Å². The summed E-state index contributed by atoms with van der Waals surface area (Å²) in [7, 11) is 0. The molecule has 1 aliphatic heterocycles. The highest BCUT2D eigenvalue weighted by Gasteiger charge is 2.37. The van der Waals surface area contributed by atoms with Gasteiger partial charge in [-0.2, -0.15) is 18.2 Å². The van der Waals surface area contributed by atoms with Crippen molar-refractivity contribution in [3.8, 4) is 0 Å². The lowest BCUT2D eigenvalue weighted by Crippen LogP contribution is -2.31. The summed E-state index contributed by atoms with van der Waals surface area (Å²) in [5, 5.41) is 6.47. The standard InChI is InChI=1S/C20H19F4N5OS/c1-10-13(11(2)29-19(25-10)27-18(28-29)20(22,23)24)4-6-17(30)26-15-7-8-31-16-5-3-12(21)9-14(15)16/h3,5,9,15H,4,6-8H2,1-2H3,(H,26,30). The van der Waals surface area contributed by atoms with Crippen LogP contribution in [0.2, 0.25) is 0 Å². The first kappa shape index (κ1) is 21.5. The number of rotatable bonds is 4. The number of nitrogens with one attached hydrogen (secondary N) is 1. The average Bonchev–Trinajstić information content (AvgIpc) is 3.13. The van der Waals surface area contributed by atoms with Gasteiger partial charge in [0, 0.05) is 28.5 Å². The number of aryl methyl sites for hydroxylation is 2. The van der Waals surface area contributed by atoms with Gasteiger partial charge >= 0.3 is 6.18 Å². The van der Waals surface area contributed by atoms with Crippen molar-refractivity contribution in [2.24, 2.45) is 0 Å². The number of nitrogens with zero attached hydrogens (tertiary/aromatic N) is 4. The average molecular weight is 453 g/mol. The van der Waals surface area contributed by atoms with Gasteiger partial charge in [0.1, 0.15) is 5.82 Å². The molecule has 0 spiro atoms. The molecule has 1 aromatic carbocycles. The lowest BCUT2D eigenvalue weighted by molar-refractivity contribution is -0.144. The topological polar surface area (TPSA) is 72.2 Å². The highest BCUT2D eigenvalue weighted by Crippen LogP contribution is 2.36. The summed E-state index contributed by atoms with van der Waals surface area (Å²) in [5.41, 5.74) is 2.37. The molecule has 1 aliphatic rings. The van der Waals surface area contributed by atoms with E-state index in [1.54, 1.807) is 31.7 Å². The maximum Gasteiger partial charge on any atom is 0.453 e. The van der Waals surface area contributed by atoms with Crippen LogP contribution in [0.15, 0.2) is 23.1 Å². The molecule has 2 aromatic heterocycles. The summed E-state index contributed by atoms with van der Waals surface area (Å²) < 4.78 is 53.5. The third kappa shape index (κ3) is 4.36. The smallest absolute Gasteiger partial charge is 0.349 e. The molecule has 4 rings (SSSR count). The Morgan fingerprint density at radius 2 is 2.06 bits per heavy atom. The molecule has 31 heavy (non-hydrogen) atoms. The zero-order valence-corrected chi connectivity index (χ0v) is 17.6. The molecule has 0 aliphatic carbocycles. The van der Waals surface area contributed by atoms with Crippen molar-refractivity contribution in [1.29, 1.82) is 0 Å². The summed E-state index contributed by atoms with van der Waals surface area (Å²) in [6, 6.07) is 4.29. The van der Waals surface area contributed by atoms with E-state index in [-0.39, 0.29) is 36.4 Å². The van der Waals surface area contributed by atoms with Crippen LogP contribution < -0.4 is 5.32 Å². The predicted molar refractivity (Wildman–Crippen MR) is 106 cm³/mol. The van der Waals surface area contributed by atoms with E-state index < -0.39 is 12.0 Å². The van der Waals surface area contributed by atoms with Gasteiger partial charge in [-0.1, -0.05) is 0 Å². The normalized spacial score (nSPS) is 16.4. The summed E-state index contributed by atoms with van der Waals surface area (Å²) in [6.07, 6.45) is -3.57. The largest absolute Gasteiger partial charge is 0.453 e. The van der Waals surface area contributed by atoms with E-state index in [1.165, 1.54) is 12.1 Å². The maximum atomic E-state index is 13.7. The minimum absolute atomic E-state index is 0.115. The minimum atomic E-state index is -4.66. The summed E-state index contributed by atoms with van der Waals surface area (Å²) in [6.45, 7) is 3.29. The Morgan fingerprint density at radius 3 is 2.81 bits per heavy atom. The van der Waals surface area contributed by atoms with Crippen molar-refractivity contribution < 1.29 is 22.4 Å². The fraction of sp³-hybridized carbons (Fsp3) is 0.400. The number of carbonyl (C=O) groups is 1. The van der Waals surface area contributed by atoms with Gasteiger partial charge in [-0.25, -0.2) is 13.9 Å². The molecule has 0 radical (unpaired) electrons. The van der Waals surface area contributed by atoms with E-state index in [9.17, 15) is 22.4 Å². The predicted octanol–water partition coefficient (Wildman–Crippen LogP) is 4.18. The number of hydrogen-bond donors (Lipinski definition) is 1. The van der Waals surface area contributed by atoms with Gasteiger partial charge in [-0.3, -0.25) is 4.79 Å². The van der Waals surface area contributed by atoms with Crippen molar-refractivity contribution in [3.05, 3.63) is 52.4 Å². The molecule has 0 bridgehead atoms. The van der Waals surface area contributed by atoms with Gasteiger partial charge in [0.2, 0.25) is 5.91 Å². The molecule has 3 aromatic rings.